The Labute approximate surface area is 160 Å². The van der Waals surface area contributed by atoms with Crippen LogP contribution in [0.4, 0.5) is 17.8 Å². The van der Waals surface area contributed by atoms with Crippen molar-refractivity contribution in [1.82, 2.24) is 15.0 Å². The number of benzene rings is 1. The minimum atomic E-state index is 0.418. The van der Waals surface area contributed by atoms with E-state index in [4.69, 9.17) is 4.74 Å². The van der Waals surface area contributed by atoms with Gasteiger partial charge in [-0.15, -0.1) is 0 Å². The first-order valence-corrected chi connectivity index (χ1v) is 9.00. The normalized spacial score (nSPS) is 14.8. The first-order valence-electron chi connectivity index (χ1n) is 7.92. The highest BCUT2D eigenvalue weighted by Gasteiger charge is 2.17. The summed E-state index contributed by atoms with van der Waals surface area (Å²) in [4.78, 5) is 17.3. The maximum absolute atomic E-state index is 5.39. The number of aromatic nitrogens is 3. The minimum Gasteiger partial charge on any atom is -0.378 e. The molecule has 0 aliphatic carbocycles. The number of hydrazone groups is 1. The molecular formula is C16H20IN7O. The van der Waals surface area contributed by atoms with E-state index in [2.05, 4.69) is 53.0 Å². The van der Waals surface area contributed by atoms with Crippen LogP contribution >= 0.6 is 22.6 Å². The molecule has 2 heterocycles. The fourth-order valence-electron chi connectivity index (χ4n) is 2.22. The lowest BCUT2D eigenvalue weighted by atomic mass is 10.2. The molecule has 0 atom stereocenters. The van der Waals surface area contributed by atoms with Crippen molar-refractivity contribution in [2.24, 2.45) is 5.10 Å². The zero-order valence-corrected chi connectivity index (χ0v) is 16.3. The number of rotatable bonds is 5. The van der Waals surface area contributed by atoms with E-state index < -0.39 is 0 Å². The molecule has 132 valence electrons. The first kappa shape index (κ1) is 17.8. The Morgan fingerprint density at radius 2 is 1.88 bits per heavy atom. The van der Waals surface area contributed by atoms with E-state index in [-0.39, 0.29) is 0 Å². The average molecular weight is 453 g/mol. The number of ether oxygens (including phenoxy) is 1. The quantitative estimate of drug-likeness (QED) is 0.421. The van der Waals surface area contributed by atoms with Crippen LogP contribution in [0.3, 0.4) is 0 Å². The van der Waals surface area contributed by atoms with E-state index in [0.29, 0.717) is 31.1 Å². The topological polar surface area (TPSA) is 78.8 Å². The third kappa shape index (κ3) is 4.98. The molecule has 0 saturated carbocycles. The van der Waals surface area contributed by atoms with Crippen molar-refractivity contribution >= 4 is 46.7 Å². The summed E-state index contributed by atoms with van der Waals surface area (Å²) >= 11 is 2.27. The van der Waals surface area contributed by atoms with Gasteiger partial charge in [-0.3, -0.25) is 0 Å². The Bertz CT molecular complexity index is 730. The summed E-state index contributed by atoms with van der Waals surface area (Å²) in [7, 11) is 3.80. The molecule has 0 radical (unpaired) electrons. The lowest BCUT2D eigenvalue weighted by molar-refractivity contribution is 0.122. The zero-order chi connectivity index (χ0) is 17.6. The molecule has 0 unspecified atom stereocenters. The van der Waals surface area contributed by atoms with Crippen LogP contribution in [0.15, 0.2) is 29.4 Å². The van der Waals surface area contributed by atoms with Gasteiger partial charge in [0.15, 0.2) is 0 Å². The standard InChI is InChI=1S/C16H20IN7O/c1-23(2)15-19-14(20-16(21-15)24-7-9-25-10-8-24)22-18-11-12-3-5-13(17)6-4-12/h3-6,11H,7-10H2,1-2H3,(H,19,20,21,22). The van der Waals surface area contributed by atoms with Crippen LogP contribution in [0.1, 0.15) is 5.56 Å². The van der Waals surface area contributed by atoms with Crippen LogP contribution in [0.5, 0.6) is 0 Å². The van der Waals surface area contributed by atoms with Gasteiger partial charge in [0.2, 0.25) is 17.8 Å². The van der Waals surface area contributed by atoms with Crippen LogP contribution in [0.2, 0.25) is 0 Å². The number of anilines is 3. The van der Waals surface area contributed by atoms with Crippen LogP contribution in [0.25, 0.3) is 0 Å². The molecule has 25 heavy (non-hydrogen) atoms. The number of hydrogen-bond acceptors (Lipinski definition) is 8. The highest BCUT2D eigenvalue weighted by atomic mass is 127. The van der Waals surface area contributed by atoms with Gasteiger partial charge < -0.3 is 14.5 Å². The summed E-state index contributed by atoms with van der Waals surface area (Å²) in [5, 5.41) is 4.24. The summed E-state index contributed by atoms with van der Waals surface area (Å²) in [6.45, 7) is 2.89. The molecule has 3 rings (SSSR count). The van der Waals surface area contributed by atoms with Crippen LogP contribution in [-0.4, -0.2) is 61.6 Å². The van der Waals surface area contributed by atoms with Crippen LogP contribution in [0, 0.1) is 3.57 Å². The van der Waals surface area contributed by atoms with Gasteiger partial charge in [0.1, 0.15) is 0 Å². The average Bonchev–Trinajstić information content (AvgIpc) is 2.64. The number of nitrogens with zero attached hydrogens (tertiary/aromatic N) is 6. The molecule has 1 fully saturated rings. The lowest BCUT2D eigenvalue weighted by Crippen LogP contribution is -2.37. The third-order valence-electron chi connectivity index (χ3n) is 3.55. The molecule has 1 N–H and O–H groups in total. The molecular weight excluding hydrogens is 433 g/mol. The van der Waals surface area contributed by atoms with E-state index in [9.17, 15) is 0 Å². The molecule has 1 aromatic carbocycles. The summed E-state index contributed by atoms with van der Waals surface area (Å²) in [5.41, 5.74) is 3.91. The maximum atomic E-state index is 5.39. The fraction of sp³-hybridized carbons (Fsp3) is 0.375. The second-order valence-corrected chi connectivity index (χ2v) is 6.92. The fourth-order valence-corrected chi connectivity index (χ4v) is 2.58. The Balaban J connectivity index is 1.77. The van der Waals surface area contributed by atoms with Gasteiger partial charge in [0, 0.05) is 30.8 Å². The Morgan fingerprint density at radius 1 is 1.16 bits per heavy atom. The van der Waals surface area contributed by atoms with Crippen LogP contribution < -0.4 is 15.2 Å². The molecule has 0 bridgehead atoms. The van der Waals surface area contributed by atoms with Gasteiger partial charge in [-0.25, -0.2) is 5.43 Å². The lowest BCUT2D eigenvalue weighted by Gasteiger charge is -2.27. The number of nitrogens with one attached hydrogen (secondary N) is 1. The smallest absolute Gasteiger partial charge is 0.250 e. The summed E-state index contributed by atoms with van der Waals surface area (Å²) in [5.74, 6) is 1.64. The zero-order valence-electron chi connectivity index (χ0n) is 14.2. The van der Waals surface area contributed by atoms with Crippen molar-refractivity contribution in [1.29, 1.82) is 0 Å². The van der Waals surface area contributed by atoms with E-state index in [1.165, 1.54) is 3.57 Å². The van der Waals surface area contributed by atoms with Gasteiger partial charge in [-0.05, 0) is 40.3 Å². The van der Waals surface area contributed by atoms with Crippen LogP contribution in [-0.2, 0) is 4.74 Å². The second-order valence-electron chi connectivity index (χ2n) is 5.67. The van der Waals surface area contributed by atoms with E-state index in [1.54, 1.807) is 6.21 Å². The number of halogens is 1. The highest BCUT2D eigenvalue weighted by molar-refractivity contribution is 14.1. The van der Waals surface area contributed by atoms with E-state index >= 15 is 0 Å². The van der Waals surface area contributed by atoms with Crippen molar-refractivity contribution in [3.63, 3.8) is 0 Å². The molecule has 1 aromatic heterocycles. The molecule has 0 spiro atoms. The van der Waals surface area contributed by atoms with Crippen molar-refractivity contribution in [2.75, 3.05) is 55.6 Å². The largest absolute Gasteiger partial charge is 0.378 e. The Kier molecular flexibility index (Phi) is 5.97. The van der Waals surface area contributed by atoms with Gasteiger partial charge in [0.25, 0.3) is 0 Å². The van der Waals surface area contributed by atoms with Gasteiger partial charge >= 0.3 is 0 Å². The van der Waals surface area contributed by atoms with Gasteiger partial charge in [-0.2, -0.15) is 20.1 Å². The number of morpholine rings is 1. The summed E-state index contributed by atoms with van der Waals surface area (Å²) < 4.78 is 6.57. The summed E-state index contributed by atoms with van der Waals surface area (Å²) in [6.07, 6.45) is 1.74. The molecule has 8 nitrogen and oxygen atoms in total. The predicted molar refractivity (Wildman–Crippen MR) is 108 cm³/mol. The second kappa shape index (κ2) is 8.39. The third-order valence-corrected chi connectivity index (χ3v) is 4.27. The molecule has 1 aliphatic heterocycles. The maximum Gasteiger partial charge on any atom is 0.250 e. The summed E-state index contributed by atoms with van der Waals surface area (Å²) in [6, 6.07) is 8.08. The van der Waals surface area contributed by atoms with Gasteiger partial charge in [0.05, 0.1) is 19.4 Å². The number of hydrogen-bond donors (Lipinski definition) is 1. The van der Waals surface area contributed by atoms with E-state index in [1.807, 2.05) is 43.3 Å². The molecule has 0 amide bonds. The molecule has 2 aromatic rings. The van der Waals surface area contributed by atoms with Crippen molar-refractivity contribution in [3.8, 4) is 0 Å². The Morgan fingerprint density at radius 3 is 2.56 bits per heavy atom. The minimum absolute atomic E-state index is 0.418. The first-order chi connectivity index (χ1) is 12.1. The predicted octanol–water partition coefficient (Wildman–Crippen LogP) is 1.82. The van der Waals surface area contributed by atoms with Crippen molar-refractivity contribution in [3.05, 3.63) is 33.4 Å². The highest BCUT2D eigenvalue weighted by Crippen LogP contribution is 2.16. The monoisotopic (exact) mass is 453 g/mol. The van der Waals surface area contributed by atoms with E-state index in [0.717, 1.165) is 18.7 Å². The van der Waals surface area contributed by atoms with Crippen molar-refractivity contribution in [2.45, 2.75) is 0 Å². The molecule has 1 saturated heterocycles. The molecule has 9 heteroatoms. The Hall–Kier alpha value is -2.01. The SMILES string of the molecule is CN(C)c1nc(NN=Cc2ccc(I)cc2)nc(N2CCOCC2)n1. The van der Waals surface area contributed by atoms with Gasteiger partial charge in [-0.1, -0.05) is 12.1 Å². The van der Waals surface area contributed by atoms with Crippen molar-refractivity contribution < 1.29 is 4.74 Å². The molecule has 1 aliphatic rings.